The lowest BCUT2D eigenvalue weighted by molar-refractivity contribution is 0.601. The Balaban J connectivity index is 2.48. The molecule has 0 aliphatic carbocycles. The maximum absolute atomic E-state index is 4.27. The molecule has 0 atom stereocenters. The molecule has 1 heterocycles. The van der Waals surface area contributed by atoms with Gasteiger partial charge in [0.25, 0.3) is 0 Å². The van der Waals surface area contributed by atoms with Crippen LogP contribution in [0.4, 0.5) is 0 Å². The summed E-state index contributed by atoms with van der Waals surface area (Å²) in [4.78, 5) is 4.27. The van der Waals surface area contributed by atoms with E-state index in [4.69, 9.17) is 0 Å². The number of aromatic nitrogens is 2. The van der Waals surface area contributed by atoms with Crippen molar-refractivity contribution in [1.29, 1.82) is 0 Å². The van der Waals surface area contributed by atoms with Crippen LogP contribution in [0.15, 0.2) is 18.5 Å². The fraction of sp³-hybridized carbons (Fsp3) is 0.583. The summed E-state index contributed by atoms with van der Waals surface area (Å²) in [5.41, 5.74) is 3.50. The van der Waals surface area contributed by atoms with Crippen molar-refractivity contribution in [3.8, 4) is 0 Å². The molecule has 3 nitrogen and oxygen atoms in total. The number of hydrogen-bond donors (Lipinski definition) is 1. The van der Waals surface area contributed by atoms with Gasteiger partial charge in [-0.1, -0.05) is 20.4 Å². The van der Waals surface area contributed by atoms with E-state index < -0.39 is 0 Å². The lowest BCUT2D eigenvalue weighted by Gasteiger charge is -2.12. The van der Waals surface area contributed by atoms with Crippen molar-refractivity contribution in [3.63, 3.8) is 0 Å². The Labute approximate surface area is 92.2 Å². The zero-order valence-electron chi connectivity index (χ0n) is 10.2. The third-order valence-electron chi connectivity index (χ3n) is 2.50. The van der Waals surface area contributed by atoms with E-state index in [-0.39, 0.29) is 0 Å². The van der Waals surface area contributed by atoms with E-state index in [0.717, 1.165) is 18.8 Å². The molecule has 0 unspecified atom stereocenters. The SMILES string of the molecule is C=C(CNC(C)C)Cn1cnc(C)c1C. The molecule has 0 fully saturated rings. The summed E-state index contributed by atoms with van der Waals surface area (Å²) in [6.07, 6.45) is 1.88. The average Bonchev–Trinajstić information content (AvgIpc) is 2.47. The Morgan fingerprint density at radius 3 is 2.67 bits per heavy atom. The zero-order valence-corrected chi connectivity index (χ0v) is 10.2. The van der Waals surface area contributed by atoms with Crippen LogP contribution in [0.1, 0.15) is 25.2 Å². The van der Waals surface area contributed by atoms with Crippen LogP contribution < -0.4 is 5.32 Å². The maximum Gasteiger partial charge on any atom is 0.0954 e. The molecule has 0 aliphatic rings. The molecule has 3 heteroatoms. The number of rotatable bonds is 5. The predicted molar refractivity (Wildman–Crippen MR) is 64.0 cm³/mol. The van der Waals surface area contributed by atoms with E-state index in [1.54, 1.807) is 0 Å². The quantitative estimate of drug-likeness (QED) is 0.749. The van der Waals surface area contributed by atoms with Gasteiger partial charge in [0.2, 0.25) is 0 Å². The molecule has 0 bridgehead atoms. The first-order valence-corrected chi connectivity index (χ1v) is 5.39. The van der Waals surface area contributed by atoms with E-state index in [1.165, 1.54) is 11.3 Å². The highest BCUT2D eigenvalue weighted by molar-refractivity contribution is 5.11. The van der Waals surface area contributed by atoms with E-state index >= 15 is 0 Å². The van der Waals surface area contributed by atoms with Crippen LogP contribution in [0.5, 0.6) is 0 Å². The predicted octanol–water partition coefficient (Wildman–Crippen LogP) is 2.05. The fourth-order valence-corrected chi connectivity index (χ4v) is 1.35. The summed E-state index contributed by atoms with van der Waals surface area (Å²) >= 11 is 0. The van der Waals surface area contributed by atoms with Crippen molar-refractivity contribution < 1.29 is 0 Å². The number of nitrogens with zero attached hydrogens (tertiary/aromatic N) is 2. The molecule has 1 aromatic rings. The van der Waals surface area contributed by atoms with Crippen molar-refractivity contribution in [3.05, 3.63) is 29.9 Å². The number of hydrogen-bond acceptors (Lipinski definition) is 2. The van der Waals surface area contributed by atoms with Crippen LogP contribution in [0.25, 0.3) is 0 Å². The zero-order chi connectivity index (χ0) is 11.4. The van der Waals surface area contributed by atoms with Gasteiger partial charge in [-0.2, -0.15) is 0 Å². The molecule has 15 heavy (non-hydrogen) atoms. The summed E-state index contributed by atoms with van der Waals surface area (Å²) in [5.74, 6) is 0. The molecule has 0 spiro atoms. The Bertz CT molecular complexity index is 337. The van der Waals surface area contributed by atoms with Gasteiger partial charge in [0.15, 0.2) is 0 Å². The van der Waals surface area contributed by atoms with Gasteiger partial charge < -0.3 is 9.88 Å². The fourth-order valence-electron chi connectivity index (χ4n) is 1.35. The number of aryl methyl sites for hydroxylation is 1. The smallest absolute Gasteiger partial charge is 0.0954 e. The molecule has 0 saturated carbocycles. The monoisotopic (exact) mass is 207 g/mol. The second-order valence-corrected chi connectivity index (χ2v) is 4.33. The minimum atomic E-state index is 0.507. The van der Waals surface area contributed by atoms with Crippen molar-refractivity contribution in [1.82, 2.24) is 14.9 Å². The molecular formula is C12H21N3. The Kier molecular flexibility index (Phi) is 4.09. The van der Waals surface area contributed by atoms with Crippen molar-refractivity contribution >= 4 is 0 Å². The average molecular weight is 207 g/mol. The van der Waals surface area contributed by atoms with E-state index in [1.807, 2.05) is 13.3 Å². The standard InChI is InChI=1S/C12H21N3/c1-9(2)13-6-10(3)7-15-8-14-11(4)12(15)5/h8-9,13H,3,6-7H2,1-2,4-5H3. The van der Waals surface area contributed by atoms with E-state index in [2.05, 4.69) is 42.2 Å². The second-order valence-electron chi connectivity index (χ2n) is 4.33. The first kappa shape index (κ1) is 12.0. The van der Waals surface area contributed by atoms with Crippen LogP contribution in [-0.4, -0.2) is 22.1 Å². The topological polar surface area (TPSA) is 29.9 Å². The summed E-state index contributed by atoms with van der Waals surface area (Å²) < 4.78 is 2.14. The summed E-state index contributed by atoms with van der Waals surface area (Å²) in [5, 5.41) is 3.36. The molecule has 0 saturated heterocycles. The van der Waals surface area contributed by atoms with Crippen LogP contribution in [0, 0.1) is 13.8 Å². The van der Waals surface area contributed by atoms with Crippen LogP contribution in [-0.2, 0) is 6.54 Å². The highest BCUT2D eigenvalue weighted by Gasteiger charge is 2.03. The third kappa shape index (κ3) is 3.51. The van der Waals surface area contributed by atoms with Crippen LogP contribution in [0.2, 0.25) is 0 Å². The van der Waals surface area contributed by atoms with Gasteiger partial charge in [0.05, 0.1) is 12.0 Å². The van der Waals surface area contributed by atoms with Gasteiger partial charge in [-0.25, -0.2) is 4.98 Å². The van der Waals surface area contributed by atoms with Gasteiger partial charge in [-0.15, -0.1) is 0 Å². The molecule has 0 aromatic carbocycles. The lowest BCUT2D eigenvalue weighted by Crippen LogP contribution is -2.25. The minimum absolute atomic E-state index is 0.507. The van der Waals surface area contributed by atoms with Crippen molar-refractivity contribution in [2.45, 2.75) is 40.3 Å². The lowest BCUT2D eigenvalue weighted by atomic mass is 10.2. The first-order valence-electron chi connectivity index (χ1n) is 5.39. The van der Waals surface area contributed by atoms with Crippen molar-refractivity contribution in [2.75, 3.05) is 6.54 Å². The van der Waals surface area contributed by atoms with Crippen LogP contribution >= 0.6 is 0 Å². The Hall–Kier alpha value is -1.09. The normalized spacial score (nSPS) is 11.0. The molecule has 0 amide bonds. The summed E-state index contributed by atoms with van der Waals surface area (Å²) in [7, 11) is 0. The molecule has 1 aromatic heterocycles. The third-order valence-corrected chi connectivity index (χ3v) is 2.50. The van der Waals surface area contributed by atoms with Gasteiger partial charge in [0, 0.05) is 24.8 Å². The summed E-state index contributed by atoms with van der Waals surface area (Å²) in [6.45, 7) is 14.2. The molecule has 84 valence electrons. The Morgan fingerprint density at radius 2 is 2.20 bits per heavy atom. The Morgan fingerprint density at radius 1 is 1.53 bits per heavy atom. The molecule has 0 radical (unpaired) electrons. The van der Waals surface area contributed by atoms with Gasteiger partial charge >= 0.3 is 0 Å². The second kappa shape index (κ2) is 5.12. The first-order chi connectivity index (χ1) is 7.00. The van der Waals surface area contributed by atoms with Gasteiger partial charge in [-0.3, -0.25) is 0 Å². The largest absolute Gasteiger partial charge is 0.330 e. The minimum Gasteiger partial charge on any atom is -0.330 e. The van der Waals surface area contributed by atoms with Gasteiger partial charge in [0.1, 0.15) is 0 Å². The van der Waals surface area contributed by atoms with E-state index in [0.29, 0.717) is 6.04 Å². The number of imidazole rings is 1. The number of nitrogens with one attached hydrogen (secondary N) is 1. The van der Waals surface area contributed by atoms with Gasteiger partial charge in [-0.05, 0) is 19.4 Å². The maximum atomic E-state index is 4.27. The molecule has 0 aliphatic heterocycles. The highest BCUT2D eigenvalue weighted by Crippen LogP contribution is 2.06. The van der Waals surface area contributed by atoms with Crippen molar-refractivity contribution in [2.24, 2.45) is 0 Å². The molecule has 1 N–H and O–H groups in total. The van der Waals surface area contributed by atoms with Crippen LogP contribution in [0.3, 0.4) is 0 Å². The molecular weight excluding hydrogens is 186 g/mol. The molecule has 1 rings (SSSR count). The summed E-state index contributed by atoms with van der Waals surface area (Å²) in [6, 6.07) is 0.507. The van der Waals surface area contributed by atoms with E-state index in [9.17, 15) is 0 Å². The highest BCUT2D eigenvalue weighted by atomic mass is 15.1.